The number of carbonyl (C=O) groups excluding carboxylic acids is 4. The summed E-state index contributed by atoms with van der Waals surface area (Å²) in [7, 11) is 0. The van der Waals surface area contributed by atoms with Gasteiger partial charge in [-0.05, 0) is 78.2 Å². The van der Waals surface area contributed by atoms with Crippen molar-refractivity contribution in [1.29, 1.82) is 0 Å². The summed E-state index contributed by atoms with van der Waals surface area (Å²) in [4.78, 5) is 54.7. The number of ether oxygens (including phenoxy) is 1. The second kappa shape index (κ2) is 15.8. The van der Waals surface area contributed by atoms with E-state index in [4.69, 9.17) is 10.5 Å². The molecule has 10 nitrogen and oxygen atoms in total. The van der Waals surface area contributed by atoms with E-state index in [1.54, 1.807) is 45.9 Å². The molecular formula is C32H52N4O6. The summed E-state index contributed by atoms with van der Waals surface area (Å²) in [5.41, 5.74) is 5.48. The number of nitrogens with zero attached hydrogens (tertiary/aromatic N) is 1. The van der Waals surface area contributed by atoms with E-state index >= 15 is 0 Å². The zero-order chi connectivity index (χ0) is 31.6. The molecule has 1 aromatic carbocycles. The molecule has 0 radical (unpaired) electrons. The quantitative estimate of drug-likeness (QED) is 0.255. The first-order chi connectivity index (χ1) is 19.6. The number of benzene rings is 1. The van der Waals surface area contributed by atoms with Crippen LogP contribution in [0.15, 0.2) is 18.2 Å². The zero-order valence-corrected chi connectivity index (χ0v) is 26.5. The van der Waals surface area contributed by atoms with Gasteiger partial charge in [0.25, 0.3) is 0 Å². The Kier molecular flexibility index (Phi) is 13.1. The maximum atomic E-state index is 14.5. The number of nitrogens with two attached hydrogens (primary N) is 1. The van der Waals surface area contributed by atoms with Gasteiger partial charge in [0.1, 0.15) is 23.4 Å². The molecule has 42 heavy (non-hydrogen) atoms. The molecule has 5 N–H and O–H groups in total. The van der Waals surface area contributed by atoms with Gasteiger partial charge in [0.05, 0.1) is 0 Å². The molecular weight excluding hydrogens is 536 g/mol. The van der Waals surface area contributed by atoms with Gasteiger partial charge in [0, 0.05) is 24.1 Å². The Morgan fingerprint density at radius 2 is 1.69 bits per heavy atom. The van der Waals surface area contributed by atoms with Crippen LogP contribution in [0.1, 0.15) is 116 Å². The van der Waals surface area contributed by atoms with Gasteiger partial charge in [0.2, 0.25) is 17.7 Å². The van der Waals surface area contributed by atoms with E-state index < -0.39 is 47.5 Å². The number of primary amides is 1. The summed E-state index contributed by atoms with van der Waals surface area (Å²) in [6.45, 7) is 12.9. The Labute approximate surface area is 251 Å². The van der Waals surface area contributed by atoms with Gasteiger partial charge in [0.15, 0.2) is 0 Å². The van der Waals surface area contributed by atoms with Gasteiger partial charge in [-0.2, -0.15) is 0 Å². The van der Waals surface area contributed by atoms with Gasteiger partial charge >= 0.3 is 6.09 Å². The number of rotatable bonds is 13. The van der Waals surface area contributed by atoms with Crippen LogP contribution in [0, 0.1) is 12.8 Å². The number of hydrogen-bond donors (Lipinski definition) is 4. The van der Waals surface area contributed by atoms with Gasteiger partial charge < -0.3 is 31.1 Å². The fourth-order valence-corrected chi connectivity index (χ4v) is 5.33. The van der Waals surface area contributed by atoms with Crippen molar-refractivity contribution < 1.29 is 29.0 Å². The molecule has 1 saturated carbocycles. The number of nitrogens with one attached hydrogen (secondary N) is 2. The summed E-state index contributed by atoms with van der Waals surface area (Å²) in [5.74, 6) is -1.29. The molecule has 10 heteroatoms. The van der Waals surface area contributed by atoms with Crippen LogP contribution in [0.25, 0.3) is 0 Å². The number of hydrogen-bond acceptors (Lipinski definition) is 6. The fraction of sp³-hybridized carbons (Fsp3) is 0.688. The highest BCUT2D eigenvalue weighted by Crippen LogP contribution is 2.35. The first-order valence-corrected chi connectivity index (χ1v) is 15.3. The van der Waals surface area contributed by atoms with Crippen LogP contribution in [0.2, 0.25) is 0 Å². The summed E-state index contributed by atoms with van der Waals surface area (Å²) in [5, 5.41) is 16.9. The minimum Gasteiger partial charge on any atom is -0.507 e. The zero-order valence-electron chi connectivity index (χ0n) is 26.5. The van der Waals surface area contributed by atoms with Crippen LogP contribution in [-0.4, -0.2) is 57.5 Å². The standard InChI is InChI=1S/C32H52N4O6/c1-20(2)16-17-22(4)36(30(40)25(18-19-26(33)37)35-31(41)42-32(5,6)7)27(24-15-11-12-21(3)28(24)38)29(39)34-23-13-9-8-10-14-23/h11-12,15,20,22-23,25,27,38H,8-10,13-14,16-19H2,1-7H3,(H2,33,37)(H,34,39)(H,35,41). The molecule has 3 unspecified atom stereocenters. The third kappa shape index (κ3) is 10.8. The van der Waals surface area contributed by atoms with Crippen molar-refractivity contribution in [1.82, 2.24) is 15.5 Å². The second-order valence-electron chi connectivity index (χ2n) is 13.0. The highest BCUT2D eigenvalue weighted by atomic mass is 16.6. The van der Waals surface area contributed by atoms with E-state index in [2.05, 4.69) is 24.5 Å². The number of phenolic OH excluding ortho intramolecular Hbond substituents is 1. The first kappa shape index (κ1) is 34.9. The van der Waals surface area contributed by atoms with Crippen LogP contribution < -0.4 is 16.4 Å². The smallest absolute Gasteiger partial charge is 0.408 e. The lowest BCUT2D eigenvalue weighted by atomic mass is 9.93. The number of carbonyl (C=O) groups is 4. The second-order valence-corrected chi connectivity index (χ2v) is 13.0. The van der Waals surface area contributed by atoms with Gasteiger partial charge in [-0.15, -0.1) is 0 Å². The number of alkyl carbamates (subject to hydrolysis) is 1. The summed E-state index contributed by atoms with van der Waals surface area (Å²) in [6.07, 6.45) is 5.14. The molecule has 1 aromatic rings. The van der Waals surface area contributed by atoms with E-state index in [1.165, 1.54) is 4.90 Å². The van der Waals surface area contributed by atoms with Crippen molar-refractivity contribution in [3.63, 3.8) is 0 Å². The normalized spacial score (nSPS) is 16.3. The molecule has 0 aromatic heterocycles. The number of aromatic hydroxyl groups is 1. The van der Waals surface area contributed by atoms with Crippen molar-refractivity contribution in [2.75, 3.05) is 0 Å². The number of phenols is 1. The Balaban J connectivity index is 2.62. The minimum absolute atomic E-state index is 0.0332. The Morgan fingerprint density at radius 3 is 2.26 bits per heavy atom. The Hall–Kier alpha value is -3.30. The predicted octanol–water partition coefficient (Wildman–Crippen LogP) is 5.00. The van der Waals surface area contributed by atoms with Crippen LogP contribution in [-0.2, 0) is 19.1 Å². The van der Waals surface area contributed by atoms with Crippen molar-refractivity contribution in [3.8, 4) is 5.75 Å². The number of para-hydroxylation sites is 1. The highest BCUT2D eigenvalue weighted by molar-refractivity contribution is 5.93. The lowest BCUT2D eigenvalue weighted by molar-refractivity contribution is -0.146. The van der Waals surface area contributed by atoms with E-state index in [1.807, 2.05) is 6.92 Å². The molecule has 1 aliphatic rings. The van der Waals surface area contributed by atoms with E-state index in [0.29, 0.717) is 23.5 Å². The molecule has 1 aliphatic carbocycles. The minimum atomic E-state index is -1.19. The Morgan fingerprint density at radius 1 is 1.05 bits per heavy atom. The van der Waals surface area contributed by atoms with Crippen LogP contribution in [0.5, 0.6) is 5.75 Å². The molecule has 0 aliphatic heterocycles. The maximum Gasteiger partial charge on any atom is 0.408 e. The third-order valence-corrected chi connectivity index (χ3v) is 7.60. The van der Waals surface area contributed by atoms with Crippen molar-refractivity contribution in [3.05, 3.63) is 29.3 Å². The molecule has 0 bridgehead atoms. The van der Waals surface area contributed by atoms with Gasteiger partial charge in [-0.25, -0.2) is 4.79 Å². The lowest BCUT2D eigenvalue weighted by Gasteiger charge is -2.39. The average Bonchev–Trinajstić information content (AvgIpc) is 2.89. The van der Waals surface area contributed by atoms with Crippen molar-refractivity contribution >= 4 is 23.8 Å². The molecule has 4 amide bonds. The van der Waals surface area contributed by atoms with Crippen LogP contribution in [0.3, 0.4) is 0 Å². The lowest BCUT2D eigenvalue weighted by Crippen LogP contribution is -2.56. The third-order valence-electron chi connectivity index (χ3n) is 7.60. The summed E-state index contributed by atoms with van der Waals surface area (Å²) < 4.78 is 5.42. The van der Waals surface area contributed by atoms with Crippen molar-refractivity contribution in [2.24, 2.45) is 11.7 Å². The van der Waals surface area contributed by atoms with E-state index in [-0.39, 0.29) is 24.6 Å². The predicted molar refractivity (Wildman–Crippen MR) is 163 cm³/mol. The van der Waals surface area contributed by atoms with E-state index in [9.17, 15) is 24.3 Å². The molecule has 0 spiro atoms. The summed E-state index contributed by atoms with van der Waals surface area (Å²) >= 11 is 0. The highest BCUT2D eigenvalue weighted by Gasteiger charge is 2.40. The SMILES string of the molecule is Cc1cccc(C(C(=O)NC2CCCCC2)N(C(=O)C(CCC(N)=O)NC(=O)OC(C)(C)C)C(C)CCC(C)C)c1O. The maximum absolute atomic E-state index is 14.5. The fourth-order valence-electron chi connectivity index (χ4n) is 5.33. The first-order valence-electron chi connectivity index (χ1n) is 15.3. The van der Waals surface area contributed by atoms with Crippen molar-refractivity contribution in [2.45, 2.75) is 136 Å². The molecule has 3 atom stereocenters. The average molecular weight is 589 g/mol. The summed E-state index contributed by atoms with van der Waals surface area (Å²) in [6, 6.07) is 2.30. The van der Waals surface area contributed by atoms with Gasteiger partial charge in [-0.3, -0.25) is 14.4 Å². The Bertz CT molecular complexity index is 1080. The molecule has 0 saturated heterocycles. The van der Waals surface area contributed by atoms with Gasteiger partial charge in [-0.1, -0.05) is 51.3 Å². The monoisotopic (exact) mass is 588 g/mol. The largest absolute Gasteiger partial charge is 0.507 e. The molecule has 1 fully saturated rings. The van der Waals surface area contributed by atoms with Crippen LogP contribution in [0.4, 0.5) is 4.79 Å². The van der Waals surface area contributed by atoms with Crippen LogP contribution >= 0.6 is 0 Å². The topological polar surface area (TPSA) is 151 Å². The number of amides is 4. The molecule has 2 rings (SSSR count). The molecule has 0 heterocycles. The van der Waals surface area contributed by atoms with E-state index in [0.717, 1.165) is 38.5 Å². The number of aryl methyl sites for hydroxylation is 1. The molecule has 236 valence electrons.